The van der Waals surface area contributed by atoms with Gasteiger partial charge in [0.2, 0.25) is 0 Å². The summed E-state index contributed by atoms with van der Waals surface area (Å²) >= 11 is 7.54. The summed E-state index contributed by atoms with van der Waals surface area (Å²) in [5.74, 6) is 0.200. The van der Waals surface area contributed by atoms with E-state index in [1.807, 2.05) is 47.8 Å². The van der Waals surface area contributed by atoms with Crippen molar-refractivity contribution in [3.8, 4) is 0 Å². The number of thiazole rings is 1. The van der Waals surface area contributed by atoms with Crippen LogP contribution in [0.5, 0.6) is 0 Å². The van der Waals surface area contributed by atoms with Crippen LogP contribution in [0.15, 0.2) is 113 Å². The molecule has 5 aromatic rings. The van der Waals surface area contributed by atoms with Gasteiger partial charge in [0, 0.05) is 29.0 Å². The third-order valence-corrected chi connectivity index (χ3v) is 9.43. The molecule has 0 aliphatic carbocycles. The molecule has 1 aromatic carbocycles. The van der Waals surface area contributed by atoms with E-state index in [4.69, 9.17) is 4.42 Å². The predicted octanol–water partition coefficient (Wildman–Crippen LogP) is 5.23. The van der Waals surface area contributed by atoms with Gasteiger partial charge in [-0.25, -0.2) is 15.0 Å². The van der Waals surface area contributed by atoms with Gasteiger partial charge in [-0.2, -0.15) is 0 Å². The number of hydrogen-bond acceptors (Lipinski definition) is 9. The molecule has 1 N–H and O–H groups in total. The maximum absolute atomic E-state index is 13.8. The number of nitrogens with zero attached hydrogens (tertiary/aromatic N) is 4. The van der Waals surface area contributed by atoms with Gasteiger partial charge in [0.25, 0.3) is 11.5 Å². The highest BCUT2D eigenvalue weighted by Crippen LogP contribution is 2.35. The number of hydrogen-bond donors (Lipinski definition) is 1. The first kappa shape index (κ1) is 25.7. The maximum atomic E-state index is 13.8. The van der Waals surface area contributed by atoms with E-state index in [1.165, 1.54) is 34.4 Å². The van der Waals surface area contributed by atoms with Gasteiger partial charge < -0.3 is 9.73 Å². The molecule has 1 aliphatic rings. The summed E-state index contributed by atoms with van der Waals surface area (Å²) in [7, 11) is 0. The second-order valence-corrected chi connectivity index (χ2v) is 12.1. The summed E-state index contributed by atoms with van der Waals surface area (Å²) in [6, 6.07) is 16.0. The summed E-state index contributed by atoms with van der Waals surface area (Å²) in [5.41, 5.74) is 1.42. The van der Waals surface area contributed by atoms with Crippen LogP contribution < -0.4 is 20.2 Å². The molecule has 0 saturated carbocycles. The molecule has 5 heterocycles. The first-order valence-corrected chi connectivity index (χ1v) is 14.9. The molecule has 4 aromatic heterocycles. The van der Waals surface area contributed by atoms with Crippen molar-refractivity contribution in [3.63, 3.8) is 0 Å². The Bertz CT molecular complexity index is 1880. The lowest BCUT2D eigenvalue weighted by molar-refractivity contribution is -0.113. The van der Waals surface area contributed by atoms with Crippen molar-refractivity contribution in [3.05, 3.63) is 118 Å². The number of amides is 1. The van der Waals surface area contributed by atoms with E-state index in [9.17, 15) is 9.59 Å². The number of rotatable bonds is 6. The van der Waals surface area contributed by atoms with E-state index >= 15 is 0 Å². The molecule has 0 unspecified atom stereocenters. The molecule has 194 valence electrons. The highest BCUT2D eigenvalue weighted by atomic mass is 79.9. The van der Waals surface area contributed by atoms with Crippen LogP contribution in [0.25, 0.3) is 6.08 Å². The van der Waals surface area contributed by atoms with Crippen LogP contribution in [0.2, 0.25) is 0 Å². The first-order chi connectivity index (χ1) is 19.0. The molecule has 1 aliphatic heterocycles. The van der Waals surface area contributed by atoms with E-state index in [2.05, 4.69) is 36.2 Å². The topological polar surface area (TPSA) is 102 Å². The number of thiophene rings is 1. The fraction of sp³-hybridized carbons (Fsp3) is 0.0741. The molecule has 12 heteroatoms. The van der Waals surface area contributed by atoms with E-state index in [-0.39, 0.29) is 11.5 Å². The number of carbonyl (C=O) groups is 1. The third kappa shape index (κ3) is 5.20. The molecule has 8 nitrogen and oxygen atoms in total. The molecule has 1 atom stereocenters. The molecule has 6 rings (SSSR count). The van der Waals surface area contributed by atoms with Crippen LogP contribution in [0, 0.1) is 0 Å². The zero-order chi connectivity index (χ0) is 26.9. The van der Waals surface area contributed by atoms with Crippen molar-refractivity contribution in [2.45, 2.75) is 23.2 Å². The Hall–Kier alpha value is -3.58. The molecule has 1 amide bonds. The van der Waals surface area contributed by atoms with Gasteiger partial charge in [0.1, 0.15) is 11.8 Å². The van der Waals surface area contributed by atoms with Crippen molar-refractivity contribution in [1.82, 2.24) is 14.5 Å². The van der Waals surface area contributed by atoms with Gasteiger partial charge in [-0.15, -0.1) is 11.3 Å². The minimum absolute atomic E-state index is 0.247. The smallest absolute Gasteiger partial charge is 0.271 e. The largest absolute Gasteiger partial charge is 0.449 e. The first-order valence-electron chi connectivity index (χ1n) is 11.6. The molecule has 0 spiro atoms. The second-order valence-electron chi connectivity index (χ2n) is 8.33. The van der Waals surface area contributed by atoms with Crippen LogP contribution in [-0.2, 0) is 4.79 Å². The van der Waals surface area contributed by atoms with Gasteiger partial charge in [-0.1, -0.05) is 35.6 Å². The minimum atomic E-state index is -0.600. The lowest BCUT2D eigenvalue weighted by Crippen LogP contribution is -2.40. The molecule has 0 fully saturated rings. The normalized spacial score (nSPS) is 15.2. The van der Waals surface area contributed by atoms with Crippen molar-refractivity contribution in [2.24, 2.45) is 4.99 Å². The van der Waals surface area contributed by atoms with Crippen LogP contribution >= 0.6 is 50.4 Å². The Labute approximate surface area is 242 Å². The zero-order valence-corrected chi connectivity index (χ0v) is 24.2. The summed E-state index contributed by atoms with van der Waals surface area (Å²) in [6.45, 7) is 1.80. The summed E-state index contributed by atoms with van der Waals surface area (Å²) in [6.07, 6.45) is 5.02. The number of para-hydroxylation sites is 1. The molecular weight excluding hydrogens is 618 g/mol. The Morgan fingerprint density at radius 1 is 1.15 bits per heavy atom. The number of allylic oxidation sites excluding steroid dienone is 1. The average molecular weight is 637 g/mol. The minimum Gasteiger partial charge on any atom is -0.449 e. The molecule has 0 bridgehead atoms. The van der Waals surface area contributed by atoms with Crippen molar-refractivity contribution >= 4 is 68.0 Å². The quantitative estimate of drug-likeness (QED) is 0.256. The number of aromatic nitrogens is 3. The predicted molar refractivity (Wildman–Crippen MR) is 156 cm³/mol. The SMILES string of the molecule is CC1=C(C(=O)Nc2ccccc2)[C@H](c2cccs2)n2c(s/c(=C/c3cc(Br)c(Sc4ncccn4)o3)c2=O)=N1. The van der Waals surface area contributed by atoms with Gasteiger partial charge >= 0.3 is 0 Å². The Kier molecular flexibility index (Phi) is 7.17. The van der Waals surface area contributed by atoms with E-state index < -0.39 is 6.04 Å². The van der Waals surface area contributed by atoms with E-state index in [0.717, 1.165) is 9.35 Å². The summed E-state index contributed by atoms with van der Waals surface area (Å²) in [5, 5.41) is 6.01. The van der Waals surface area contributed by atoms with E-state index in [1.54, 1.807) is 42.1 Å². The fourth-order valence-corrected chi connectivity index (χ4v) is 7.19. The number of carbonyl (C=O) groups excluding carboxylic acids is 1. The molecule has 0 radical (unpaired) electrons. The monoisotopic (exact) mass is 635 g/mol. The molecular formula is C27H18BrN5O3S3. The number of benzene rings is 1. The maximum Gasteiger partial charge on any atom is 0.271 e. The van der Waals surface area contributed by atoms with Gasteiger partial charge in [-0.05, 0) is 70.3 Å². The number of anilines is 1. The van der Waals surface area contributed by atoms with Crippen LogP contribution in [-0.4, -0.2) is 20.4 Å². The standard InChI is InChI=1S/C27H18BrN5O3S3/c1-15-21(23(34)32-16-7-3-2-4-8-16)22(19-9-5-12-37-19)33-24(35)20(38-27(33)31-15)14-17-13-18(28)25(36-17)39-26-29-10-6-11-30-26/h2-14,22H,1H3,(H,32,34)/b20-14+/t22-/m0/s1. The fourth-order valence-electron chi connectivity index (χ4n) is 4.11. The van der Waals surface area contributed by atoms with Crippen molar-refractivity contribution < 1.29 is 9.21 Å². The summed E-state index contributed by atoms with van der Waals surface area (Å²) < 4.78 is 8.76. The van der Waals surface area contributed by atoms with Gasteiger partial charge in [-0.3, -0.25) is 14.2 Å². The van der Waals surface area contributed by atoms with Gasteiger partial charge in [0.05, 0.1) is 20.3 Å². The number of fused-ring (bicyclic) bond motifs is 1. The highest BCUT2D eigenvalue weighted by Gasteiger charge is 2.33. The van der Waals surface area contributed by atoms with Crippen LogP contribution in [0.3, 0.4) is 0 Å². The average Bonchev–Trinajstić information content (AvgIpc) is 3.65. The Balaban J connectivity index is 1.41. The van der Waals surface area contributed by atoms with Crippen LogP contribution in [0.4, 0.5) is 5.69 Å². The number of furan rings is 1. The Morgan fingerprint density at radius 3 is 2.69 bits per heavy atom. The zero-order valence-electron chi connectivity index (χ0n) is 20.2. The van der Waals surface area contributed by atoms with Crippen molar-refractivity contribution in [1.29, 1.82) is 0 Å². The third-order valence-electron chi connectivity index (χ3n) is 5.78. The molecule has 39 heavy (non-hydrogen) atoms. The van der Waals surface area contributed by atoms with Gasteiger partial charge in [0.15, 0.2) is 15.1 Å². The number of halogens is 1. The Morgan fingerprint density at radius 2 is 1.95 bits per heavy atom. The highest BCUT2D eigenvalue weighted by molar-refractivity contribution is 9.10. The lowest BCUT2D eigenvalue weighted by atomic mass is 10.0. The van der Waals surface area contributed by atoms with Crippen molar-refractivity contribution in [2.75, 3.05) is 5.32 Å². The van der Waals surface area contributed by atoms with E-state index in [0.29, 0.717) is 42.3 Å². The van der Waals surface area contributed by atoms with Crippen LogP contribution in [0.1, 0.15) is 23.6 Å². The molecule has 0 saturated heterocycles. The summed E-state index contributed by atoms with van der Waals surface area (Å²) in [4.78, 5) is 41.8. The second kappa shape index (κ2) is 10.9. The number of nitrogens with one attached hydrogen (secondary N) is 1. The lowest BCUT2D eigenvalue weighted by Gasteiger charge is -2.24.